The van der Waals surface area contributed by atoms with Gasteiger partial charge in [-0.05, 0) is 38.0 Å². The Morgan fingerprint density at radius 2 is 2.00 bits per heavy atom. The van der Waals surface area contributed by atoms with E-state index in [2.05, 4.69) is 33.6 Å². The van der Waals surface area contributed by atoms with Gasteiger partial charge in [0.1, 0.15) is 0 Å². The summed E-state index contributed by atoms with van der Waals surface area (Å²) in [7, 11) is 0. The predicted octanol–water partition coefficient (Wildman–Crippen LogP) is 2.94. The van der Waals surface area contributed by atoms with Crippen molar-refractivity contribution in [2.24, 2.45) is 5.92 Å². The van der Waals surface area contributed by atoms with Crippen molar-refractivity contribution in [3.8, 4) is 11.5 Å². The highest BCUT2D eigenvalue weighted by Gasteiger charge is 2.12. The predicted molar refractivity (Wildman–Crippen MR) is 102 cm³/mol. The van der Waals surface area contributed by atoms with Crippen molar-refractivity contribution < 1.29 is 9.21 Å². The van der Waals surface area contributed by atoms with Gasteiger partial charge in [0.2, 0.25) is 17.7 Å². The molecule has 2 aromatic heterocycles. The Bertz CT molecular complexity index is 885. The highest BCUT2D eigenvalue weighted by molar-refractivity contribution is 5.76. The molecule has 1 atom stereocenters. The highest BCUT2D eigenvalue weighted by atomic mass is 16.4. The van der Waals surface area contributed by atoms with Crippen molar-refractivity contribution in [1.29, 1.82) is 0 Å². The van der Waals surface area contributed by atoms with Gasteiger partial charge in [-0.1, -0.05) is 25.1 Å². The van der Waals surface area contributed by atoms with Crippen LogP contribution >= 0.6 is 0 Å². The maximum Gasteiger partial charge on any atom is 0.247 e. The SMILES string of the molecule is Cc1cc(C)n(C[C@H](C)CNC(=O)CCc2nnc(-c3ccccc3)o2)n1. The highest BCUT2D eigenvalue weighted by Crippen LogP contribution is 2.17. The Balaban J connectivity index is 1.42. The quantitative estimate of drug-likeness (QED) is 0.661. The van der Waals surface area contributed by atoms with E-state index in [0.29, 0.717) is 37.1 Å². The van der Waals surface area contributed by atoms with Crippen LogP contribution in [0.5, 0.6) is 0 Å². The molecule has 0 fully saturated rings. The van der Waals surface area contributed by atoms with Crippen LogP contribution in [0, 0.1) is 19.8 Å². The molecule has 0 aliphatic rings. The molecular formula is C20H25N5O2. The summed E-state index contributed by atoms with van der Waals surface area (Å²) in [6.07, 6.45) is 0.751. The van der Waals surface area contributed by atoms with E-state index in [1.807, 2.05) is 48.9 Å². The molecule has 0 aliphatic heterocycles. The lowest BCUT2D eigenvalue weighted by atomic mass is 10.1. The molecule has 7 heteroatoms. The van der Waals surface area contributed by atoms with Crippen LogP contribution in [0.4, 0.5) is 0 Å². The second-order valence-corrected chi connectivity index (χ2v) is 6.89. The minimum atomic E-state index is -0.0188. The van der Waals surface area contributed by atoms with E-state index in [0.717, 1.165) is 23.5 Å². The summed E-state index contributed by atoms with van der Waals surface area (Å²) >= 11 is 0. The summed E-state index contributed by atoms with van der Waals surface area (Å²) in [5.74, 6) is 1.22. The van der Waals surface area contributed by atoms with Crippen molar-refractivity contribution in [3.63, 3.8) is 0 Å². The third-order valence-electron chi connectivity index (χ3n) is 4.29. The van der Waals surface area contributed by atoms with E-state index >= 15 is 0 Å². The van der Waals surface area contributed by atoms with Crippen LogP contribution in [-0.2, 0) is 17.8 Å². The first kappa shape index (κ1) is 18.8. The average molecular weight is 367 g/mol. The molecule has 0 unspecified atom stereocenters. The molecule has 0 bridgehead atoms. The fraction of sp³-hybridized carbons (Fsp3) is 0.400. The fourth-order valence-corrected chi connectivity index (χ4v) is 2.87. The van der Waals surface area contributed by atoms with Crippen molar-refractivity contribution >= 4 is 5.91 Å². The zero-order valence-electron chi connectivity index (χ0n) is 16.0. The summed E-state index contributed by atoms with van der Waals surface area (Å²) in [4.78, 5) is 12.1. The lowest BCUT2D eigenvalue weighted by Gasteiger charge is -2.13. The average Bonchev–Trinajstić information content (AvgIpc) is 3.25. The second-order valence-electron chi connectivity index (χ2n) is 6.89. The zero-order chi connectivity index (χ0) is 19.2. The van der Waals surface area contributed by atoms with E-state index in [1.165, 1.54) is 0 Å². The van der Waals surface area contributed by atoms with Crippen LogP contribution in [0.2, 0.25) is 0 Å². The standard InChI is InChI=1S/C20H25N5O2/c1-14(13-25-16(3)11-15(2)24-25)12-21-18(26)9-10-19-22-23-20(27-19)17-7-5-4-6-8-17/h4-8,11,14H,9-10,12-13H2,1-3H3,(H,21,26)/t14-/m1/s1. The molecule has 0 saturated heterocycles. The van der Waals surface area contributed by atoms with Crippen molar-refractivity contribution in [2.75, 3.05) is 6.54 Å². The number of amides is 1. The zero-order valence-corrected chi connectivity index (χ0v) is 16.0. The molecule has 0 aliphatic carbocycles. The number of hydrogen-bond acceptors (Lipinski definition) is 5. The largest absolute Gasteiger partial charge is 0.421 e. The molecule has 7 nitrogen and oxygen atoms in total. The van der Waals surface area contributed by atoms with Crippen LogP contribution in [0.3, 0.4) is 0 Å². The van der Waals surface area contributed by atoms with E-state index in [9.17, 15) is 4.79 Å². The Morgan fingerprint density at radius 3 is 2.70 bits per heavy atom. The van der Waals surface area contributed by atoms with Gasteiger partial charge in [0.25, 0.3) is 0 Å². The number of nitrogens with one attached hydrogen (secondary N) is 1. The van der Waals surface area contributed by atoms with Crippen LogP contribution in [0.1, 0.15) is 30.6 Å². The van der Waals surface area contributed by atoms with Gasteiger partial charge < -0.3 is 9.73 Å². The number of carbonyl (C=O) groups is 1. The van der Waals surface area contributed by atoms with Crippen LogP contribution in [0.25, 0.3) is 11.5 Å². The molecule has 0 spiro atoms. The topological polar surface area (TPSA) is 85.8 Å². The normalized spacial score (nSPS) is 12.1. The van der Waals surface area contributed by atoms with Crippen LogP contribution in [-0.4, -0.2) is 32.4 Å². The molecule has 2 heterocycles. The smallest absolute Gasteiger partial charge is 0.247 e. The van der Waals surface area contributed by atoms with E-state index in [4.69, 9.17) is 4.42 Å². The number of rotatable bonds is 8. The summed E-state index contributed by atoms with van der Waals surface area (Å²) < 4.78 is 7.61. The molecule has 3 rings (SSSR count). The van der Waals surface area contributed by atoms with Crippen LogP contribution < -0.4 is 5.32 Å². The van der Waals surface area contributed by atoms with Gasteiger partial charge in [-0.15, -0.1) is 10.2 Å². The van der Waals surface area contributed by atoms with Gasteiger partial charge in [-0.2, -0.15) is 5.10 Å². The Labute approximate surface area is 158 Å². The Morgan fingerprint density at radius 1 is 1.22 bits per heavy atom. The number of hydrogen-bond donors (Lipinski definition) is 1. The summed E-state index contributed by atoms with van der Waals surface area (Å²) in [6.45, 7) is 7.51. The molecule has 142 valence electrons. The summed E-state index contributed by atoms with van der Waals surface area (Å²) in [5.41, 5.74) is 3.02. The minimum Gasteiger partial charge on any atom is -0.421 e. The Hall–Kier alpha value is -2.96. The Kier molecular flexibility index (Phi) is 6.01. The number of aryl methyl sites for hydroxylation is 3. The number of nitrogens with zero attached hydrogens (tertiary/aromatic N) is 4. The molecule has 1 aromatic carbocycles. The minimum absolute atomic E-state index is 0.0188. The molecule has 0 radical (unpaired) electrons. The molecule has 27 heavy (non-hydrogen) atoms. The van der Waals surface area contributed by atoms with E-state index in [-0.39, 0.29) is 5.91 Å². The van der Waals surface area contributed by atoms with Gasteiger partial charge in [0.15, 0.2) is 0 Å². The molecule has 1 amide bonds. The summed E-state index contributed by atoms with van der Waals surface area (Å²) in [6, 6.07) is 11.6. The maximum atomic E-state index is 12.1. The first-order valence-corrected chi connectivity index (χ1v) is 9.17. The molecule has 3 aromatic rings. The van der Waals surface area contributed by atoms with Crippen molar-refractivity contribution in [1.82, 2.24) is 25.3 Å². The first-order valence-electron chi connectivity index (χ1n) is 9.17. The van der Waals surface area contributed by atoms with E-state index in [1.54, 1.807) is 0 Å². The van der Waals surface area contributed by atoms with Gasteiger partial charge >= 0.3 is 0 Å². The summed E-state index contributed by atoms with van der Waals surface area (Å²) in [5, 5.41) is 15.5. The van der Waals surface area contributed by atoms with Crippen LogP contribution in [0.15, 0.2) is 40.8 Å². The van der Waals surface area contributed by atoms with Gasteiger partial charge in [-0.3, -0.25) is 9.48 Å². The number of carbonyl (C=O) groups excluding carboxylic acids is 1. The van der Waals surface area contributed by atoms with Gasteiger partial charge in [0, 0.05) is 37.2 Å². The molecule has 1 N–H and O–H groups in total. The van der Waals surface area contributed by atoms with E-state index < -0.39 is 0 Å². The second kappa shape index (κ2) is 8.62. The third-order valence-corrected chi connectivity index (χ3v) is 4.29. The lowest BCUT2D eigenvalue weighted by Crippen LogP contribution is -2.30. The van der Waals surface area contributed by atoms with Gasteiger partial charge in [0.05, 0.1) is 5.69 Å². The number of aromatic nitrogens is 4. The van der Waals surface area contributed by atoms with Crippen molar-refractivity contribution in [2.45, 2.75) is 40.2 Å². The number of benzene rings is 1. The molecular weight excluding hydrogens is 342 g/mol. The molecule has 0 saturated carbocycles. The van der Waals surface area contributed by atoms with Gasteiger partial charge in [-0.25, -0.2) is 0 Å². The first-order chi connectivity index (χ1) is 13.0. The fourth-order valence-electron chi connectivity index (χ4n) is 2.87. The maximum absolute atomic E-state index is 12.1. The monoisotopic (exact) mass is 367 g/mol. The van der Waals surface area contributed by atoms with Crippen molar-refractivity contribution in [3.05, 3.63) is 53.7 Å². The third kappa shape index (κ3) is 5.26. The lowest BCUT2D eigenvalue weighted by molar-refractivity contribution is -0.121.